The fourth-order valence-corrected chi connectivity index (χ4v) is 18.1. The molecule has 0 saturated carbocycles. The maximum atomic E-state index is 5.46. The normalized spacial score (nSPS) is 22.7. The molecule has 348 valence electrons. The Hall–Kier alpha value is -5.48. The average molecular weight is 905 g/mol. The highest BCUT2D eigenvalue weighted by atomic mass is 14.7. The largest absolute Gasteiger partial charge is 0.256 e. The molecule has 14 rings (SSSR count). The van der Waals surface area contributed by atoms with Crippen LogP contribution in [0.2, 0.25) is 0 Å². The Bertz CT molecular complexity index is 3290. The Morgan fingerprint density at radius 3 is 0.667 bits per heavy atom. The zero-order valence-corrected chi connectivity index (χ0v) is 44.0. The second-order valence-electron chi connectivity index (χ2n) is 28.4. The summed E-state index contributed by atoms with van der Waals surface area (Å²) < 4.78 is 0. The van der Waals surface area contributed by atoms with E-state index >= 15 is 0 Å². The van der Waals surface area contributed by atoms with Crippen LogP contribution in [0.25, 0.3) is 65.9 Å². The average Bonchev–Trinajstić information content (AvgIpc) is 3.92. The second kappa shape index (κ2) is 12.0. The van der Waals surface area contributed by atoms with Crippen LogP contribution in [-0.4, -0.2) is 19.9 Å². The smallest absolute Gasteiger partial charge is 0.0728 e. The molecule has 6 aliphatic rings. The molecule has 0 saturated heterocycles. The first-order chi connectivity index (χ1) is 32.1. The molecule has 4 aromatic carbocycles. The molecule has 6 aliphatic carbocycles. The Morgan fingerprint density at radius 2 is 0.464 bits per heavy atom. The summed E-state index contributed by atoms with van der Waals surface area (Å²) in [7, 11) is 0. The Kier molecular flexibility index (Phi) is 7.36. The van der Waals surface area contributed by atoms with E-state index in [9.17, 15) is 0 Å². The molecule has 0 radical (unpaired) electrons. The summed E-state index contributed by atoms with van der Waals surface area (Å²) in [6, 6.07) is 20.4. The highest BCUT2D eigenvalue weighted by Gasteiger charge is 2.55. The van der Waals surface area contributed by atoms with Crippen molar-refractivity contribution in [2.75, 3.05) is 0 Å². The lowest BCUT2D eigenvalue weighted by molar-refractivity contribution is 0.403. The zero-order valence-electron chi connectivity index (χ0n) is 44.0. The van der Waals surface area contributed by atoms with E-state index in [0.717, 1.165) is 47.8 Å². The minimum Gasteiger partial charge on any atom is -0.256 e. The first kappa shape index (κ1) is 42.4. The molecule has 69 heavy (non-hydrogen) atoms. The van der Waals surface area contributed by atoms with E-state index in [0.29, 0.717) is 0 Å². The van der Waals surface area contributed by atoms with Crippen molar-refractivity contribution < 1.29 is 0 Å². The minimum atomic E-state index is -0.671. The third kappa shape index (κ3) is 4.98. The molecule has 8 aromatic rings. The molecule has 4 heteroatoms. The van der Waals surface area contributed by atoms with Gasteiger partial charge >= 0.3 is 0 Å². The molecule has 0 atom stereocenters. The minimum absolute atomic E-state index is 0.00401. The van der Waals surface area contributed by atoms with E-state index in [4.69, 9.17) is 19.9 Å². The summed E-state index contributed by atoms with van der Waals surface area (Å²) >= 11 is 0. The van der Waals surface area contributed by atoms with Gasteiger partial charge in [0.05, 0.1) is 27.5 Å². The maximum Gasteiger partial charge on any atom is 0.0728 e. The van der Waals surface area contributed by atoms with Gasteiger partial charge in [-0.3, -0.25) is 19.9 Å². The van der Waals surface area contributed by atoms with Gasteiger partial charge in [0.2, 0.25) is 0 Å². The molecule has 0 amide bonds. The van der Waals surface area contributed by atoms with Crippen LogP contribution < -0.4 is 0 Å². The zero-order chi connectivity index (χ0) is 48.5. The first-order valence-electron chi connectivity index (χ1n) is 26.0. The van der Waals surface area contributed by atoms with Crippen molar-refractivity contribution in [1.29, 1.82) is 0 Å². The van der Waals surface area contributed by atoms with Gasteiger partial charge in [-0.2, -0.15) is 0 Å². The van der Waals surface area contributed by atoms with Gasteiger partial charge < -0.3 is 0 Å². The van der Waals surface area contributed by atoms with Crippen LogP contribution >= 0.6 is 0 Å². The van der Waals surface area contributed by atoms with Crippen molar-refractivity contribution in [2.45, 2.75) is 185 Å². The van der Waals surface area contributed by atoms with E-state index in [2.05, 4.69) is 184 Å². The van der Waals surface area contributed by atoms with Gasteiger partial charge in [-0.05, 0) is 207 Å². The summed E-state index contributed by atoms with van der Waals surface area (Å²) in [4.78, 5) is 21.8. The molecule has 4 heterocycles. The number of pyridine rings is 4. The van der Waals surface area contributed by atoms with Crippen molar-refractivity contribution in [2.24, 2.45) is 0 Å². The van der Waals surface area contributed by atoms with E-state index in [1.54, 1.807) is 0 Å². The van der Waals surface area contributed by atoms with Crippen LogP contribution in [0.1, 0.15) is 203 Å². The first-order valence-corrected chi connectivity index (χ1v) is 26.0. The number of hydrogen-bond acceptors (Lipinski definition) is 4. The van der Waals surface area contributed by atoms with Gasteiger partial charge in [-0.25, -0.2) is 0 Å². The van der Waals surface area contributed by atoms with Crippen LogP contribution in [0.5, 0.6) is 0 Å². The predicted molar refractivity (Wildman–Crippen MR) is 287 cm³/mol. The van der Waals surface area contributed by atoms with Gasteiger partial charge in [0.15, 0.2) is 0 Å². The van der Waals surface area contributed by atoms with Crippen molar-refractivity contribution in [3.05, 3.63) is 140 Å². The molecule has 0 fully saturated rings. The standard InChI is InChI=1S/C65H68N4/c1-57(2)29-61(9,10)53-37-17-33-34-18-38-50(67-26-46-54(38)62(11,12)30-58(46,3)4)22-42(34)65(41(33)21-49(37)66-25-45(53)57)43-23-51-39(55-47(27-68-51)59(5,6)31-63(55,13)14)19-35(43)36-20-40-52(24-44(36)65)69-28-48-56(40)64(15,16)32-60(48,7)8/h17-28H,29-32H2,1-16H3. The van der Waals surface area contributed by atoms with Crippen molar-refractivity contribution in [3.63, 3.8) is 0 Å². The van der Waals surface area contributed by atoms with Crippen LogP contribution in [0.15, 0.2) is 73.3 Å². The maximum absolute atomic E-state index is 5.46. The molecule has 0 aliphatic heterocycles. The summed E-state index contributed by atoms with van der Waals surface area (Å²) in [5.41, 5.74) is 25.7. The summed E-state index contributed by atoms with van der Waals surface area (Å²) in [6.45, 7) is 38.9. The van der Waals surface area contributed by atoms with Gasteiger partial charge in [0.1, 0.15) is 0 Å². The number of benzene rings is 4. The number of hydrogen-bond donors (Lipinski definition) is 0. The van der Waals surface area contributed by atoms with Crippen LogP contribution in [0.3, 0.4) is 0 Å². The molecular weight excluding hydrogens is 837 g/mol. The van der Waals surface area contributed by atoms with E-state index in [1.807, 2.05) is 0 Å². The van der Waals surface area contributed by atoms with Crippen LogP contribution in [0.4, 0.5) is 0 Å². The molecular formula is C65H68N4. The summed E-state index contributed by atoms with van der Waals surface area (Å²) in [5, 5.41) is 5.18. The second-order valence-corrected chi connectivity index (χ2v) is 28.4. The van der Waals surface area contributed by atoms with E-state index in [-0.39, 0.29) is 43.3 Å². The number of aromatic nitrogens is 4. The van der Waals surface area contributed by atoms with Crippen molar-refractivity contribution in [1.82, 2.24) is 19.9 Å². The molecule has 4 nitrogen and oxygen atoms in total. The highest BCUT2D eigenvalue weighted by Crippen LogP contribution is 2.67. The molecule has 0 bridgehead atoms. The van der Waals surface area contributed by atoms with Crippen molar-refractivity contribution in [3.8, 4) is 22.3 Å². The van der Waals surface area contributed by atoms with E-state index < -0.39 is 5.41 Å². The Labute approximate surface area is 409 Å². The fraction of sp³-hybridized carbons (Fsp3) is 0.446. The SMILES string of the molecule is CC1(C)CC(C)(C)c2c1cnc1cc3c(cc21)-c1cc2c4c(cnc2cc1C31c2cc3ncc5c(c3cc2-c2cc3c6c(cnc3cc21)C(C)(C)CC6(C)C)C(C)(C)CC5(C)C)C(C)(C)CC4(C)C. The quantitative estimate of drug-likeness (QED) is 0.152. The predicted octanol–water partition coefficient (Wildman–Crippen LogP) is 16.1. The Morgan fingerprint density at radius 1 is 0.261 bits per heavy atom. The van der Waals surface area contributed by atoms with Gasteiger partial charge in [-0.1, -0.05) is 111 Å². The van der Waals surface area contributed by atoms with Gasteiger partial charge in [-0.15, -0.1) is 0 Å². The lowest BCUT2D eigenvalue weighted by atomic mass is 9.69. The Balaban J connectivity index is 1.18. The molecule has 0 N–H and O–H groups in total. The topological polar surface area (TPSA) is 51.6 Å². The molecule has 4 aromatic heterocycles. The van der Waals surface area contributed by atoms with Gasteiger partial charge in [0.25, 0.3) is 0 Å². The summed E-state index contributed by atoms with van der Waals surface area (Å²) in [5.74, 6) is 0. The third-order valence-electron chi connectivity index (χ3n) is 19.4. The van der Waals surface area contributed by atoms with Crippen LogP contribution in [0, 0.1) is 0 Å². The highest BCUT2D eigenvalue weighted by molar-refractivity contribution is 6.08. The van der Waals surface area contributed by atoms with Gasteiger partial charge in [0, 0.05) is 46.3 Å². The fourth-order valence-electron chi connectivity index (χ4n) is 18.1. The number of rotatable bonds is 0. The van der Waals surface area contributed by atoms with Crippen LogP contribution in [-0.2, 0) is 48.7 Å². The monoisotopic (exact) mass is 905 g/mol. The lowest BCUT2D eigenvalue weighted by Gasteiger charge is -2.31. The third-order valence-corrected chi connectivity index (χ3v) is 19.4. The summed E-state index contributed by atoms with van der Waals surface area (Å²) in [6.07, 6.45) is 13.3. The lowest BCUT2D eigenvalue weighted by Crippen LogP contribution is -2.26. The number of fused-ring (bicyclic) bond motifs is 22. The molecule has 0 unspecified atom stereocenters. The molecule has 1 spiro atoms. The van der Waals surface area contributed by atoms with Crippen molar-refractivity contribution >= 4 is 43.6 Å². The number of nitrogens with zero attached hydrogens (tertiary/aromatic N) is 4. The van der Waals surface area contributed by atoms with E-state index in [1.165, 1.54) is 111 Å².